The van der Waals surface area contributed by atoms with E-state index in [0.29, 0.717) is 29.4 Å². The number of hydrogen-bond donors (Lipinski definition) is 3. The summed E-state index contributed by atoms with van der Waals surface area (Å²) >= 11 is 1.79. The minimum absolute atomic E-state index is 0.104. The molecule has 2 aromatic heterocycles. The second-order valence-electron chi connectivity index (χ2n) is 7.19. The van der Waals surface area contributed by atoms with Crippen LogP contribution in [0.1, 0.15) is 47.5 Å². The van der Waals surface area contributed by atoms with E-state index in [1.54, 1.807) is 35.6 Å². The number of aromatic hydroxyl groups is 1. The Balaban J connectivity index is 1.78. The first-order chi connectivity index (χ1) is 12.6. The van der Waals surface area contributed by atoms with Crippen LogP contribution in [0.15, 0.2) is 28.7 Å². The van der Waals surface area contributed by atoms with E-state index in [1.807, 2.05) is 0 Å². The second kappa shape index (κ2) is 8.75. The van der Waals surface area contributed by atoms with Gasteiger partial charge in [-0.1, -0.05) is 13.0 Å². The van der Waals surface area contributed by atoms with Crippen LogP contribution in [0.4, 0.5) is 0 Å². The average molecular weight is 375 g/mol. The first-order valence-corrected chi connectivity index (χ1v) is 10.1. The number of nitrogens with zero attached hydrogens (tertiary/aromatic N) is 2. The lowest BCUT2D eigenvalue weighted by Crippen LogP contribution is -3.13. The number of likely N-dealkylation sites (tertiary alicyclic amines) is 1. The standard InChI is InChI=1S/C20H27N3O2S/c1-14-5-7-23(8-6-14)18(19-4-3-9-26-19)12-21-11-17-16(13-24)10-22-15(2)20(17)25/h3-4,9-11,14,18,24-25H,5-8,12-13H2,1-2H3/p+1/t18-/m0/s1. The number of hydrogen-bond acceptors (Lipinski definition) is 5. The predicted molar refractivity (Wildman–Crippen MR) is 105 cm³/mol. The van der Waals surface area contributed by atoms with Crippen molar-refractivity contribution < 1.29 is 15.1 Å². The van der Waals surface area contributed by atoms with Gasteiger partial charge in [-0.15, -0.1) is 11.3 Å². The van der Waals surface area contributed by atoms with Gasteiger partial charge in [0.05, 0.1) is 36.8 Å². The number of nitrogens with one attached hydrogen (secondary N) is 1. The van der Waals surface area contributed by atoms with Crippen molar-refractivity contribution in [2.75, 3.05) is 19.6 Å². The Morgan fingerprint density at radius 1 is 1.42 bits per heavy atom. The lowest BCUT2D eigenvalue weighted by molar-refractivity contribution is -0.935. The van der Waals surface area contributed by atoms with Gasteiger partial charge >= 0.3 is 0 Å². The van der Waals surface area contributed by atoms with Crippen molar-refractivity contribution >= 4 is 17.6 Å². The molecule has 5 nitrogen and oxygen atoms in total. The fourth-order valence-electron chi connectivity index (χ4n) is 3.56. The molecular formula is C20H28N3O2S+. The van der Waals surface area contributed by atoms with Crippen molar-refractivity contribution in [2.24, 2.45) is 10.9 Å². The molecule has 6 heteroatoms. The van der Waals surface area contributed by atoms with Crippen LogP contribution in [0, 0.1) is 12.8 Å². The van der Waals surface area contributed by atoms with E-state index >= 15 is 0 Å². The molecule has 0 bridgehead atoms. The summed E-state index contributed by atoms with van der Waals surface area (Å²) in [7, 11) is 0. The van der Waals surface area contributed by atoms with Crippen molar-refractivity contribution in [3.05, 3.63) is 45.4 Å². The van der Waals surface area contributed by atoms with Gasteiger partial charge in [0.2, 0.25) is 0 Å². The lowest BCUT2D eigenvalue weighted by atomic mass is 9.97. The molecule has 2 aromatic rings. The minimum atomic E-state index is -0.161. The lowest BCUT2D eigenvalue weighted by Gasteiger charge is -2.32. The number of thiophene rings is 1. The number of aliphatic hydroxyl groups excluding tert-OH is 1. The number of quaternary nitrogens is 1. The molecule has 3 N–H and O–H groups in total. The number of pyridine rings is 1. The number of aromatic nitrogens is 1. The zero-order valence-corrected chi connectivity index (χ0v) is 16.3. The van der Waals surface area contributed by atoms with Crippen LogP contribution in [0.3, 0.4) is 0 Å². The highest BCUT2D eigenvalue weighted by Crippen LogP contribution is 2.23. The van der Waals surface area contributed by atoms with Crippen molar-refractivity contribution in [1.29, 1.82) is 0 Å². The van der Waals surface area contributed by atoms with Crippen LogP contribution in [0.25, 0.3) is 0 Å². The molecule has 1 fully saturated rings. The van der Waals surface area contributed by atoms with Gasteiger partial charge in [0.25, 0.3) is 0 Å². The SMILES string of the molecule is Cc1ncc(CO)c(C=NC[C@@H](c2cccs2)[NH+]2CCC(C)CC2)c1O. The van der Waals surface area contributed by atoms with Crippen molar-refractivity contribution in [3.63, 3.8) is 0 Å². The fraction of sp³-hybridized carbons (Fsp3) is 0.500. The van der Waals surface area contributed by atoms with Crippen LogP contribution in [-0.4, -0.2) is 41.0 Å². The Kier molecular flexibility index (Phi) is 6.40. The Hall–Kier alpha value is -1.76. The summed E-state index contributed by atoms with van der Waals surface area (Å²) in [5.74, 6) is 0.919. The monoisotopic (exact) mass is 374 g/mol. The molecule has 0 unspecified atom stereocenters. The molecule has 1 saturated heterocycles. The highest BCUT2D eigenvalue weighted by atomic mass is 32.1. The van der Waals surface area contributed by atoms with E-state index in [1.165, 1.54) is 30.8 Å². The topological polar surface area (TPSA) is 70.2 Å². The molecule has 1 aliphatic heterocycles. The first-order valence-electron chi connectivity index (χ1n) is 9.26. The number of aryl methyl sites for hydroxylation is 1. The van der Waals surface area contributed by atoms with Gasteiger partial charge in [0, 0.05) is 23.5 Å². The van der Waals surface area contributed by atoms with Crippen LogP contribution >= 0.6 is 11.3 Å². The quantitative estimate of drug-likeness (QED) is 0.679. The van der Waals surface area contributed by atoms with Gasteiger partial charge in [-0.2, -0.15) is 0 Å². The summed E-state index contributed by atoms with van der Waals surface area (Å²) in [6.45, 7) is 6.96. The van der Waals surface area contributed by atoms with Crippen LogP contribution in [0.5, 0.6) is 5.75 Å². The van der Waals surface area contributed by atoms with Crippen molar-refractivity contribution in [3.8, 4) is 5.75 Å². The predicted octanol–water partition coefficient (Wildman–Crippen LogP) is 2.12. The zero-order valence-electron chi connectivity index (χ0n) is 15.5. The summed E-state index contributed by atoms with van der Waals surface area (Å²) in [4.78, 5) is 11.7. The molecule has 0 saturated carbocycles. The highest BCUT2D eigenvalue weighted by Gasteiger charge is 2.28. The summed E-state index contributed by atoms with van der Waals surface area (Å²) in [6, 6.07) is 4.65. The van der Waals surface area contributed by atoms with Gasteiger partial charge in [-0.05, 0) is 37.1 Å². The molecule has 0 aliphatic carbocycles. The van der Waals surface area contributed by atoms with Gasteiger partial charge in [-0.25, -0.2) is 0 Å². The van der Waals surface area contributed by atoms with Gasteiger partial charge in [0.1, 0.15) is 11.8 Å². The Morgan fingerprint density at radius 2 is 2.19 bits per heavy atom. The third kappa shape index (κ3) is 4.31. The maximum Gasteiger partial charge on any atom is 0.145 e. The summed E-state index contributed by atoms with van der Waals surface area (Å²) in [5, 5.41) is 21.9. The van der Waals surface area contributed by atoms with Crippen molar-refractivity contribution in [2.45, 2.75) is 39.3 Å². The number of aliphatic hydroxyl groups is 1. The normalized spacial score (nSPS) is 22.0. The van der Waals surface area contributed by atoms with E-state index in [0.717, 1.165) is 5.92 Å². The molecule has 26 heavy (non-hydrogen) atoms. The summed E-state index contributed by atoms with van der Waals surface area (Å²) in [5.41, 5.74) is 1.73. The number of rotatable bonds is 6. The summed E-state index contributed by atoms with van der Waals surface area (Å²) in [6.07, 6.45) is 5.83. The third-order valence-corrected chi connectivity index (χ3v) is 6.32. The zero-order chi connectivity index (χ0) is 18.5. The number of piperidine rings is 1. The van der Waals surface area contributed by atoms with E-state index in [9.17, 15) is 10.2 Å². The Bertz CT molecular complexity index is 738. The molecule has 1 aliphatic rings. The van der Waals surface area contributed by atoms with Crippen LogP contribution in [-0.2, 0) is 6.61 Å². The van der Waals surface area contributed by atoms with Crippen LogP contribution < -0.4 is 4.90 Å². The largest absolute Gasteiger partial charge is 0.505 e. The van der Waals surface area contributed by atoms with Gasteiger partial charge < -0.3 is 15.1 Å². The molecule has 3 heterocycles. The molecule has 0 aromatic carbocycles. The molecular weight excluding hydrogens is 346 g/mol. The minimum Gasteiger partial charge on any atom is -0.505 e. The molecule has 0 spiro atoms. The van der Waals surface area contributed by atoms with Gasteiger partial charge in [0.15, 0.2) is 0 Å². The maximum atomic E-state index is 10.3. The van der Waals surface area contributed by atoms with E-state index in [2.05, 4.69) is 34.4 Å². The molecule has 1 atom stereocenters. The van der Waals surface area contributed by atoms with E-state index < -0.39 is 0 Å². The third-order valence-electron chi connectivity index (χ3n) is 5.33. The van der Waals surface area contributed by atoms with Gasteiger partial charge in [-0.3, -0.25) is 9.98 Å². The number of aliphatic imine (C=N–C) groups is 1. The Morgan fingerprint density at radius 3 is 2.85 bits per heavy atom. The highest BCUT2D eigenvalue weighted by molar-refractivity contribution is 7.10. The molecule has 140 valence electrons. The Labute approximate surface area is 159 Å². The second-order valence-corrected chi connectivity index (χ2v) is 8.17. The molecule has 0 radical (unpaired) electrons. The first kappa shape index (κ1) is 19.0. The van der Waals surface area contributed by atoms with Crippen molar-refractivity contribution in [1.82, 2.24) is 4.98 Å². The maximum absolute atomic E-state index is 10.3. The molecule has 3 rings (SSSR count). The smallest absolute Gasteiger partial charge is 0.145 e. The molecule has 0 amide bonds. The fourth-order valence-corrected chi connectivity index (χ4v) is 4.44. The van der Waals surface area contributed by atoms with Crippen LogP contribution in [0.2, 0.25) is 0 Å². The van der Waals surface area contributed by atoms with E-state index in [4.69, 9.17) is 0 Å². The van der Waals surface area contributed by atoms with E-state index in [-0.39, 0.29) is 12.4 Å². The summed E-state index contributed by atoms with van der Waals surface area (Å²) < 4.78 is 0. The average Bonchev–Trinajstić information content (AvgIpc) is 3.17.